The Balaban J connectivity index is 3.11. The lowest BCUT2D eigenvalue weighted by atomic mass is 10.2. The summed E-state index contributed by atoms with van der Waals surface area (Å²) in [5.41, 5.74) is 1.58. The average molecular weight is 299 g/mol. The summed E-state index contributed by atoms with van der Waals surface area (Å²) in [6, 6.07) is 5.10. The van der Waals surface area contributed by atoms with Crippen LogP contribution in [-0.2, 0) is 10.0 Å². The summed E-state index contributed by atoms with van der Waals surface area (Å²) in [5.74, 6) is 0. The van der Waals surface area contributed by atoms with Crippen molar-refractivity contribution in [3.63, 3.8) is 0 Å². The van der Waals surface area contributed by atoms with Crippen molar-refractivity contribution in [1.29, 1.82) is 0 Å². The predicted molar refractivity (Wildman–Crippen MR) is 80.1 cm³/mol. The van der Waals surface area contributed by atoms with Crippen molar-refractivity contribution in [2.75, 3.05) is 18.0 Å². The number of hydrogen-bond acceptors (Lipinski definition) is 5. The van der Waals surface area contributed by atoms with E-state index in [1.165, 1.54) is 6.07 Å². The van der Waals surface area contributed by atoms with E-state index in [0.29, 0.717) is 5.56 Å². The van der Waals surface area contributed by atoms with Gasteiger partial charge in [0.1, 0.15) is 0 Å². The van der Waals surface area contributed by atoms with E-state index in [-0.39, 0.29) is 4.90 Å². The lowest BCUT2D eigenvalue weighted by Gasteiger charge is -2.24. The molecule has 0 fully saturated rings. The fourth-order valence-electron chi connectivity index (χ4n) is 2.14. The van der Waals surface area contributed by atoms with Crippen LogP contribution < -0.4 is 9.73 Å². The highest BCUT2D eigenvalue weighted by molar-refractivity contribution is 7.89. The van der Waals surface area contributed by atoms with E-state index in [2.05, 4.69) is 24.0 Å². The Kier molecular flexibility index (Phi) is 5.94. The molecule has 1 rings (SSSR count). The molecule has 0 atom stereocenters. The Labute approximate surface area is 120 Å². The second-order valence-corrected chi connectivity index (χ2v) is 6.25. The number of sulfonamides is 1. The number of benzene rings is 1. The molecule has 1 aromatic rings. The summed E-state index contributed by atoms with van der Waals surface area (Å²) >= 11 is 0. The molecule has 0 heterocycles. The number of aryl methyl sites for hydroxylation is 1. The third-order valence-corrected chi connectivity index (χ3v) is 4.31. The molecule has 20 heavy (non-hydrogen) atoms. The first kappa shape index (κ1) is 16.4. The average Bonchev–Trinajstić information content (AvgIpc) is 2.38. The van der Waals surface area contributed by atoms with Crippen LogP contribution in [0.1, 0.15) is 32.3 Å². The summed E-state index contributed by atoms with van der Waals surface area (Å²) in [4.78, 5) is 14.0. The maximum absolute atomic E-state index is 11.8. The summed E-state index contributed by atoms with van der Waals surface area (Å²) in [6.07, 6.45) is 2.05. The standard InChI is InChI=1S/C13H21N3O3S/c1-4-8-16(9-5-2)12-6-7-13(11(3)10-12)20(18,19)15-14-17/h6-7,10H,4-5,8-9H2,1-3H3,(H,15,17). The zero-order valence-corrected chi connectivity index (χ0v) is 12.9. The van der Waals surface area contributed by atoms with Crippen LogP contribution in [0.25, 0.3) is 0 Å². The highest BCUT2D eigenvalue weighted by Crippen LogP contribution is 2.23. The van der Waals surface area contributed by atoms with E-state index < -0.39 is 10.0 Å². The lowest BCUT2D eigenvalue weighted by Crippen LogP contribution is -2.25. The van der Waals surface area contributed by atoms with Crippen LogP contribution >= 0.6 is 0 Å². The summed E-state index contributed by atoms with van der Waals surface area (Å²) in [5, 5.41) is 2.24. The highest BCUT2D eigenvalue weighted by Gasteiger charge is 2.17. The Hall–Kier alpha value is -1.63. The van der Waals surface area contributed by atoms with Crippen LogP contribution in [0.2, 0.25) is 0 Å². The van der Waals surface area contributed by atoms with Crippen LogP contribution in [0, 0.1) is 11.8 Å². The number of nitrogens with zero attached hydrogens (tertiary/aromatic N) is 2. The molecular weight excluding hydrogens is 278 g/mol. The first-order valence-electron chi connectivity index (χ1n) is 6.66. The number of anilines is 1. The quantitative estimate of drug-likeness (QED) is 0.591. The van der Waals surface area contributed by atoms with Crippen LogP contribution in [0.3, 0.4) is 0 Å². The van der Waals surface area contributed by atoms with Gasteiger partial charge in [-0.3, -0.25) is 0 Å². The van der Waals surface area contributed by atoms with E-state index in [1.807, 2.05) is 6.07 Å². The van der Waals surface area contributed by atoms with Crippen molar-refractivity contribution in [2.45, 2.75) is 38.5 Å². The smallest absolute Gasteiger partial charge is 0.279 e. The third kappa shape index (κ3) is 3.93. The number of rotatable bonds is 8. The van der Waals surface area contributed by atoms with Crippen molar-refractivity contribution in [2.24, 2.45) is 5.29 Å². The number of hydrogen-bond donors (Lipinski definition) is 1. The van der Waals surface area contributed by atoms with Gasteiger partial charge in [0, 0.05) is 18.8 Å². The van der Waals surface area contributed by atoms with E-state index in [0.717, 1.165) is 31.6 Å². The van der Waals surface area contributed by atoms with Gasteiger partial charge in [0.2, 0.25) is 0 Å². The molecule has 1 aromatic carbocycles. The van der Waals surface area contributed by atoms with Crippen molar-refractivity contribution in [3.05, 3.63) is 28.7 Å². The van der Waals surface area contributed by atoms with Crippen molar-refractivity contribution in [3.8, 4) is 0 Å². The van der Waals surface area contributed by atoms with E-state index in [1.54, 1.807) is 17.8 Å². The molecule has 0 aromatic heterocycles. The Morgan fingerprint density at radius 1 is 1.20 bits per heavy atom. The molecule has 0 aliphatic carbocycles. The fraction of sp³-hybridized carbons (Fsp3) is 0.538. The molecule has 112 valence electrons. The normalized spacial score (nSPS) is 11.2. The van der Waals surface area contributed by atoms with Crippen molar-refractivity contribution in [1.82, 2.24) is 4.83 Å². The molecule has 7 heteroatoms. The van der Waals surface area contributed by atoms with Crippen LogP contribution in [-0.4, -0.2) is 21.5 Å². The second kappa shape index (κ2) is 7.23. The van der Waals surface area contributed by atoms with Gasteiger partial charge in [-0.15, -0.1) is 4.91 Å². The SMILES string of the molecule is CCCN(CCC)c1ccc(S(=O)(=O)NN=O)c(C)c1. The Morgan fingerprint density at radius 2 is 1.80 bits per heavy atom. The molecule has 0 unspecified atom stereocenters. The minimum absolute atomic E-state index is 0.0776. The maximum Gasteiger partial charge on any atom is 0.279 e. The summed E-state index contributed by atoms with van der Waals surface area (Å²) in [7, 11) is -3.86. The Morgan fingerprint density at radius 3 is 2.25 bits per heavy atom. The topological polar surface area (TPSA) is 78.8 Å². The zero-order chi connectivity index (χ0) is 15.2. The van der Waals surface area contributed by atoms with Gasteiger partial charge in [0.05, 0.1) is 10.2 Å². The minimum Gasteiger partial charge on any atom is -0.372 e. The summed E-state index contributed by atoms with van der Waals surface area (Å²) in [6.45, 7) is 7.77. The van der Waals surface area contributed by atoms with E-state index in [4.69, 9.17) is 0 Å². The van der Waals surface area contributed by atoms with Gasteiger partial charge in [0.15, 0.2) is 0 Å². The molecule has 0 spiro atoms. The largest absolute Gasteiger partial charge is 0.372 e. The first-order valence-corrected chi connectivity index (χ1v) is 8.14. The molecule has 0 bridgehead atoms. The van der Waals surface area contributed by atoms with Crippen LogP contribution in [0.5, 0.6) is 0 Å². The molecule has 6 nitrogen and oxygen atoms in total. The maximum atomic E-state index is 11.8. The van der Waals surface area contributed by atoms with Crippen LogP contribution in [0.4, 0.5) is 5.69 Å². The molecule has 0 saturated heterocycles. The van der Waals surface area contributed by atoms with Gasteiger partial charge in [-0.25, -0.2) is 0 Å². The molecule has 0 saturated carbocycles. The monoisotopic (exact) mass is 299 g/mol. The van der Waals surface area contributed by atoms with E-state index >= 15 is 0 Å². The third-order valence-electron chi connectivity index (χ3n) is 2.96. The molecule has 0 aliphatic rings. The first-order chi connectivity index (χ1) is 9.46. The molecular formula is C13H21N3O3S. The van der Waals surface area contributed by atoms with E-state index in [9.17, 15) is 13.3 Å². The zero-order valence-electron chi connectivity index (χ0n) is 12.1. The van der Waals surface area contributed by atoms with Gasteiger partial charge in [-0.2, -0.15) is 13.2 Å². The van der Waals surface area contributed by atoms with Gasteiger partial charge >= 0.3 is 0 Å². The van der Waals surface area contributed by atoms with Gasteiger partial charge in [-0.05, 0) is 43.5 Å². The van der Waals surface area contributed by atoms with Gasteiger partial charge in [0.25, 0.3) is 10.0 Å². The Bertz CT molecular complexity index is 552. The second-order valence-electron chi connectivity index (χ2n) is 4.62. The van der Waals surface area contributed by atoms with Crippen molar-refractivity contribution < 1.29 is 8.42 Å². The molecule has 0 aliphatic heterocycles. The molecule has 0 radical (unpaired) electrons. The fourth-order valence-corrected chi connectivity index (χ4v) is 3.07. The van der Waals surface area contributed by atoms with Crippen LogP contribution in [0.15, 0.2) is 28.4 Å². The molecule has 1 N–H and O–H groups in total. The number of nitrogens with one attached hydrogen (secondary N) is 1. The number of nitroso groups, excluding NO2 is 1. The molecule has 0 amide bonds. The highest BCUT2D eigenvalue weighted by atomic mass is 32.2. The van der Waals surface area contributed by atoms with Gasteiger partial charge < -0.3 is 4.90 Å². The summed E-state index contributed by atoms with van der Waals surface area (Å²) < 4.78 is 23.5. The predicted octanol–water partition coefficient (Wildman–Crippen LogP) is 2.58. The van der Waals surface area contributed by atoms with Gasteiger partial charge in [-0.1, -0.05) is 13.8 Å². The van der Waals surface area contributed by atoms with Crippen molar-refractivity contribution >= 4 is 15.7 Å². The lowest BCUT2D eigenvalue weighted by molar-refractivity contribution is 0.583. The minimum atomic E-state index is -3.86.